The zero-order valence-electron chi connectivity index (χ0n) is 14.4. The van der Waals surface area contributed by atoms with E-state index in [0.29, 0.717) is 13.1 Å². The van der Waals surface area contributed by atoms with Crippen LogP contribution in [0.15, 0.2) is 0 Å². The summed E-state index contributed by atoms with van der Waals surface area (Å²) in [5.41, 5.74) is 0.517. The molecule has 0 saturated carbocycles. The lowest BCUT2D eigenvalue weighted by molar-refractivity contribution is 0.541. The molecule has 122 valence electrons. The highest BCUT2D eigenvalue weighted by Gasteiger charge is 2.31. The SMILES string of the molecule is CC(C)P(=O)(NCCNP(=O)(C(C)C)C(C)C)C(C)C. The van der Waals surface area contributed by atoms with Crippen LogP contribution in [0.3, 0.4) is 0 Å². The van der Waals surface area contributed by atoms with Crippen molar-refractivity contribution in [3.63, 3.8) is 0 Å². The molecule has 0 heterocycles. The van der Waals surface area contributed by atoms with Gasteiger partial charge in [-0.2, -0.15) is 0 Å². The zero-order chi connectivity index (χ0) is 16.1. The van der Waals surface area contributed by atoms with E-state index in [1.807, 2.05) is 55.4 Å². The summed E-state index contributed by atoms with van der Waals surface area (Å²) in [6.07, 6.45) is 0. The third-order valence-electron chi connectivity index (χ3n) is 3.91. The molecule has 0 unspecified atom stereocenters. The fourth-order valence-corrected chi connectivity index (χ4v) is 7.15. The summed E-state index contributed by atoms with van der Waals surface area (Å²) < 4.78 is 25.6. The molecule has 0 saturated heterocycles. The van der Waals surface area contributed by atoms with Crippen LogP contribution in [0.5, 0.6) is 0 Å². The summed E-state index contributed by atoms with van der Waals surface area (Å²) >= 11 is 0. The van der Waals surface area contributed by atoms with Gasteiger partial charge in [-0.15, -0.1) is 0 Å². The van der Waals surface area contributed by atoms with Crippen LogP contribution in [-0.4, -0.2) is 35.7 Å². The molecular weight excluding hydrogens is 290 g/mol. The van der Waals surface area contributed by atoms with E-state index >= 15 is 0 Å². The van der Waals surface area contributed by atoms with Gasteiger partial charge in [0.05, 0.1) is 0 Å². The van der Waals surface area contributed by atoms with Crippen LogP contribution < -0.4 is 10.2 Å². The van der Waals surface area contributed by atoms with Crippen molar-refractivity contribution in [2.45, 2.75) is 78.0 Å². The maximum Gasteiger partial charge on any atom is 0.152 e. The highest BCUT2D eigenvalue weighted by molar-refractivity contribution is 7.63. The Morgan fingerprint density at radius 2 is 0.800 bits per heavy atom. The molecule has 20 heavy (non-hydrogen) atoms. The summed E-state index contributed by atoms with van der Waals surface area (Å²) in [6, 6.07) is 0. The first-order valence-corrected chi connectivity index (χ1v) is 11.4. The fraction of sp³-hybridized carbons (Fsp3) is 1.00. The van der Waals surface area contributed by atoms with Gasteiger partial charge < -0.3 is 9.13 Å². The Balaban J connectivity index is 4.53. The van der Waals surface area contributed by atoms with Crippen molar-refractivity contribution in [3.8, 4) is 0 Å². The van der Waals surface area contributed by atoms with E-state index in [0.717, 1.165) is 0 Å². The third-order valence-corrected chi connectivity index (χ3v) is 11.5. The van der Waals surface area contributed by atoms with E-state index in [1.165, 1.54) is 0 Å². The van der Waals surface area contributed by atoms with Crippen molar-refractivity contribution >= 4 is 14.6 Å². The van der Waals surface area contributed by atoms with Gasteiger partial charge in [-0.05, 0) is 0 Å². The van der Waals surface area contributed by atoms with Crippen LogP contribution in [-0.2, 0) is 9.13 Å². The maximum absolute atomic E-state index is 12.8. The van der Waals surface area contributed by atoms with Gasteiger partial charge in [-0.25, -0.2) is 0 Å². The molecule has 0 aromatic carbocycles. The fourth-order valence-electron chi connectivity index (χ4n) is 2.38. The quantitative estimate of drug-likeness (QED) is 0.489. The second-order valence-corrected chi connectivity index (χ2v) is 14.2. The molecule has 0 fully saturated rings. The van der Waals surface area contributed by atoms with Crippen molar-refractivity contribution in [2.24, 2.45) is 0 Å². The first kappa shape index (κ1) is 20.4. The van der Waals surface area contributed by atoms with E-state index in [9.17, 15) is 9.13 Å². The Morgan fingerprint density at radius 1 is 0.600 bits per heavy atom. The van der Waals surface area contributed by atoms with Crippen LogP contribution in [0.2, 0.25) is 0 Å². The molecule has 0 atom stereocenters. The lowest BCUT2D eigenvalue weighted by Crippen LogP contribution is -2.32. The predicted octanol–water partition coefficient (Wildman–Crippen LogP) is 4.36. The molecule has 0 aliphatic heterocycles. The Kier molecular flexibility index (Phi) is 8.28. The van der Waals surface area contributed by atoms with E-state index in [-0.39, 0.29) is 22.6 Å². The van der Waals surface area contributed by atoms with E-state index in [1.54, 1.807) is 0 Å². The summed E-state index contributed by atoms with van der Waals surface area (Å²) in [6.45, 7) is 17.1. The average Bonchev–Trinajstić information content (AvgIpc) is 2.32. The van der Waals surface area contributed by atoms with Crippen molar-refractivity contribution < 1.29 is 9.13 Å². The number of hydrogen-bond donors (Lipinski definition) is 2. The van der Waals surface area contributed by atoms with Crippen molar-refractivity contribution in [2.75, 3.05) is 13.1 Å². The lowest BCUT2D eigenvalue weighted by Gasteiger charge is -2.29. The Morgan fingerprint density at radius 3 is 0.950 bits per heavy atom. The molecule has 0 aliphatic rings. The van der Waals surface area contributed by atoms with Crippen LogP contribution in [0.1, 0.15) is 55.4 Å². The molecule has 4 nitrogen and oxygen atoms in total. The minimum atomic E-state index is -2.37. The van der Waals surface area contributed by atoms with Crippen LogP contribution >= 0.6 is 14.6 Å². The van der Waals surface area contributed by atoms with E-state index in [4.69, 9.17) is 0 Å². The summed E-state index contributed by atoms with van der Waals surface area (Å²) in [7, 11) is -4.74. The summed E-state index contributed by atoms with van der Waals surface area (Å²) in [5.74, 6) is 0. The average molecular weight is 324 g/mol. The van der Waals surface area contributed by atoms with Gasteiger partial charge in [-0.3, -0.25) is 10.2 Å². The lowest BCUT2D eigenvalue weighted by atomic mass is 10.5. The van der Waals surface area contributed by atoms with Gasteiger partial charge in [0.2, 0.25) is 0 Å². The Hall–Kier alpha value is 0.380. The van der Waals surface area contributed by atoms with Crippen LogP contribution in [0.25, 0.3) is 0 Å². The van der Waals surface area contributed by atoms with Gasteiger partial charge >= 0.3 is 0 Å². The number of nitrogens with one attached hydrogen (secondary N) is 2. The molecule has 0 spiro atoms. The van der Waals surface area contributed by atoms with Crippen LogP contribution in [0.4, 0.5) is 0 Å². The summed E-state index contributed by atoms with van der Waals surface area (Å²) in [4.78, 5) is 0. The smallest absolute Gasteiger partial charge is 0.152 e. The topological polar surface area (TPSA) is 58.2 Å². The maximum atomic E-state index is 12.8. The van der Waals surface area contributed by atoms with Gasteiger partial charge in [0.25, 0.3) is 0 Å². The standard InChI is InChI=1S/C14H34N2O2P2/c1-11(2)19(17,12(3)4)15-9-10-16-20(18,13(5)6)14(7)8/h11-14H,9-10H2,1-8H3,(H,15,17)(H,16,18). The Bertz CT molecular complexity index is 319. The van der Waals surface area contributed by atoms with Crippen LogP contribution in [0, 0.1) is 0 Å². The minimum absolute atomic E-state index is 0.129. The highest BCUT2D eigenvalue weighted by atomic mass is 31.2. The monoisotopic (exact) mass is 324 g/mol. The molecule has 2 N–H and O–H groups in total. The second kappa shape index (κ2) is 8.13. The molecule has 0 bridgehead atoms. The summed E-state index contributed by atoms with van der Waals surface area (Å²) in [5, 5.41) is 6.43. The zero-order valence-corrected chi connectivity index (χ0v) is 16.2. The van der Waals surface area contributed by atoms with Gasteiger partial charge in [0.15, 0.2) is 14.6 Å². The van der Waals surface area contributed by atoms with Gasteiger partial charge in [-0.1, -0.05) is 55.4 Å². The number of hydrogen-bond acceptors (Lipinski definition) is 2. The first-order valence-electron chi connectivity index (χ1n) is 7.67. The minimum Gasteiger partial charge on any atom is -0.306 e. The second-order valence-electron chi connectivity index (χ2n) is 6.61. The normalized spacial score (nSPS) is 14.0. The van der Waals surface area contributed by atoms with Crippen molar-refractivity contribution in [1.29, 1.82) is 0 Å². The molecule has 0 aromatic rings. The molecule has 0 aromatic heterocycles. The third kappa shape index (κ3) is 4.98. The number of rotatable bonds is 9. The molecule has 0 aliphatic carbocycles. The molecule has 0 amide bonds. The first-order chi connectivity index (χ1) is 8.98. The molecular formula is C14H34N2O2P2. The molecule has 0 radical (unpaired) electrons. The van der Waals surface area contributed by atoms with Gasteiger partial charge in [0, 0.05) is 35.7 Å². The molecule has 0 rings (SSSR count). The molecule has 6 heteroatoms. The highest BCUT2D eigenvalue weighted by Crippen LogP contribution is 2.52. The largest absolute Gasteiger partial charge is 0.306 e. The van der Waals surface area contributed by atoms with Crippen molar-refractivity contribution in [3.05, 3.63) is 0 Å². The Labute approximate surface area is 125 Å². The predicted molar refractivity (Wildman–Crippen MR) is 91.8 cm³/mol. The van der Waals surface area contributed by atoms with E-state index < -0.39 is 14.6 Å². The van der Waals surface area contributed by atoms with Crippen molar-refractivity contribution in [1.82, 2.24) is 10.2 Å². The van der Waals surface area contributed by atoms with E-state index in [2.05, 4.69) is 10.2 Å². The van der Waals surface area contributed by atoms with Gasteiger partial charge in [0.1, 0.15) is 0 Å².